The molecule has 0 aromatic heterocycles. The molecule has 0 spiro atoms. The second-order valence-corrected chi connectivity index (χ2v) is 5.81. The maximum atomic E-state index is 12.5. The Morgan fingerprint density at radius 3 is 2.28 bits per heavy atom. The van der Waals surface area contributed by atoms with Gasteiger partial charge in [-0.05, 0) is 12.1 Å². The summed E-state index contributed by atoms with van der Waals surface area (Å²) in [4.78, 5) is 45.3. The van der Waals surface area contributed by atoms with Gasteiger partial charge in [0, 0.05) is 41.8 Å². The van der Waals surface area contributed by atoms with Crippen molar-refractivity contribution in [3.05, 3.63) is 73.8 Å². The van der Waals surface area contributed by atoms with E-state index in [0.29, 0.717) is 5.56 Å². The molecule has 0 fully saturated rings. The first-order valence-electron chi connectivity index (χ1n) is 8.21. The number of non-ortho nitro benzene ring substituents is 2. The number of benzene rings is 2. The molecule has 0 aliphatic heterocycles. The minimum atomic E-state index is -1.21. The van der Waals surface area contributed by atoms with E-state index in [0.717, 1.165) is 13.2 Å². The number of nitrogens with zero attached hydrogens (tertiary/aromatic N) is 2. The van der Waals surface area contributed by atoms with Crippen molar-refractivity contribution >= 4 is 23.3 Å². The van der Waals surface area contributed by atoms with Crippen molar-refractivity contribution in [1.82, 2.24) is 5.32 Å². The second-order valence-electron chi connectivity index (χ2n) is 5.81. The van der Waals surface area contributed by atoms with Crippen LogP contribution >= 0.6 is 0 Å². The first kappa shape index (κ1) is 21.3. The minimum Gasteiger partial charge on any atom is -0.496 e. The standard InChI is InChI=1S/C18H17N3O8/c1-28-16-7-6-14(21(26)27)9-12(16)10-15(18(23)29-2)19-17(22)11-4-3-5-13(8-11)20(24)25/h3-9,15H,10H2,1-2H3,(H,19,22)/t15-/m1/s1. The number of nitro benzene ring substituents is 2. The van der Waals surface area contributed by atoms with Crippen molar-refractivity contribution in [2.45, 2.75) is 12.5 Å². The fourth-order valence-corrected chi connectivity index (χ4v) is 2.60. The Kier molecular flexibility index (Phi) is 6.80. The Balaban J connectivity index is 2.31. The van der Waals surface area contributed by atoms with E-state index >= 15 is 0 Å². The van der Waals surface area contributed by atoms with E-state index < -0.39 is 27.8 Å². The average molecular weight is 403 g/mol. The minimum absolute atomic E-state index is 0.0286. The first-order chi connectivity index (χ1) is 13.8. The van der Waals surface area contributed by atoms with Crippen molar-refractivity contribution < 1.29 is 28.9 Å². The van der Waals surface area contributed by atoms with Gasteiger partial charge in [0.2, 0.25) is 0 Å². The molecule has 29 heavy (non-hydrogen) atoms. The molecule has 0 radical (unpaired) electrons. The van der Waals surface area contributed by atoms with E-state index in [1.54, 1.807) is 0 Å². The molecule has 0 heterocycles. The molecule has 1 amide bonds. The molecular weight excluding hydrogens is 386 g/mol. The van der Waals surface area contributed by atoms with Crippen molar-refractivity contribution in [3.8, 4) is 5.75 Å². The molecule has 0 aliphatic rings. The fraction of sp³-hybridized carbons (Fsp3) is 0.222. The van der Waals surface area contributed by atoms with Crippen LogP contribution in [0.15, 0.2) is 42.5 Å². The monoisotopic (exact) mass is 403 g/mol. The number of nitrogens with one attached hydrogen (secondary N) is 1. The Hall–Kier alpha value is -4.02. The SMILES string of the molecule is COC(=O)[C@@H](Cc1cc([N+](=O)[O-])ccc1OC)NC(=O)c1cccc([N+](=O)[O-])c1. The first-order valence-corrected chi connectivity index (χ1v) is 8.21. The van der Waals surface area contributed by atoms with Gasteiger partial charge in [-0.2, -0.15) is 0 Å². The second kappa shape index (κ2) is 9.26. The number of nitro groups is 2. The molecule has 0 unspecified atom stereocenters. The smallest absolute Gasteiger partial charge is 0.328 e. The van der Waals surface area contributed by atoms with Crippen LogP contribution in [0.5, 0.6) is 5.75 Å². The number of carbonyl (C=O) groups excluding carboxylic acids is 2. The average Bonchev–Trinajstić information content (AvgIpc) is 2.72. The molecule has 2 aromatic rings. The lowest BCUT2D eigenvalue weighted by atomic mass is 10.0. The molecule has 1 atom stereocenters. The molecule has 152 valence electrons. The highest BCUT2D eigenvalue weighted by atomic mass is 16.6. The summed E-state index contributed by atoms with van der Waals surface area (Å²) in [5.41, 5.74) is -0.224. The van der Waals surface area contributed by atoms with Gasteiger partial charge in [0.15, 0.2) is 0 Å². The number of rotatable bonds is 8. The molecule has 1 N–H and O–H groups in total. The molecule has 2 aromatic carbocycles. The van der Waals surface area contributed by atoms with Gasteiger partial charge in [-0.15, -0.1) is 0 Å². The van der Waals surface area contributed by atoms with Crippen LogP contribution in [0.4, 0.5) is 11.4 Å². The van der Waals surface area contributed by atoms with Gasteiger partial charge in [0.05, 0.1) is 24.1 Å². The van der Waals surface area contributed by atoms with Crippen LogP contribution in [0, 0.1) is 20.2 Å². The predicted octanol–water partition coefficient (Wildman–Crippen LogP) is 2.03. The summed E-state index contributed by atoms with van der Waals surface area (Å²) in [5.74, 6) is -1.25. The van der Waals surface area contributed by atoms with Gasteiger partial charge in [-0.3, -0.25) is 25.0 Å². The quantitative estimate of drug-likeness (QED) is 0.399. The highest BCUT2D eigenvalue weighted by Crippen LogP contribution is 2.25. The molecule has 0 aliphatic carbocycles. The zero-order chi connectivity index (χ0) is 21.6. The van der Waals surface area contributed by atoms with E-state index in [2.05, 4.69) is 5.32 Å². The van der Waals surface area contributed by atoms with E-state index in [4.69, 9.17) is 9.47 Å². The van der Waals surface area contributed by atoms with Crippen LogP contribution in [0.2, 0.25) is 0 Å². The number of esters is 1. The largest absolute Gasteiger partial charge is 0.496 e. The maximum Gasteiger partial charge on any atom is 0.328 e. The topological polar surface area (TPSA) is 151 Å². The van der Waals surface area contributed by atoms with Crippen molar-refractivity contribution in [2.24, 2.45) is 0 Å². The van der Waals surface area contributed by atoms with Crippen molar-refractivity contribution in [2.75, 3.05) is 14.2 Å². The van der Waals surface area contributed by atoms with Crippen LogP contribution in [0.25, 0.3) is 0 Å². The summed E-state index contributed by atoms with van der Waals surface area (Å²) in [6.07, 6.45) is -0.155. The van der Waals surface area contributed by atoms with Crippen LogP contribution in [0.3, 0.4) is 0 Å². The van der Waals surface area contributed by atoms with Crippen molar-refractivity contribution in [1.29, 1.82) is 0 Å². The molecule has 0 saturated heterocycles. The molecule has 11 heteroatoms. The zero-order valence-corrected chi connectivity index (χ0v) is 15.5. The lowest BCUT2D eigenvalue weighted by Gasteiger charge is -2.18. The highest BCUT2D eigenvalue weighted by molar-refractivity contribution is 5.97. The third-order valence-electron chi connectivity index (χ3n) is 4.01. The Labute approximate surface area is 164 Å². The van der Waals surface area contributed by atoms with Gasteiger partial charge in [-0.1, -0.05) is 6.07 Å². The van der Waals surface area contributed by atoms with Crippen LogP contribution in [-0.4, -0.2) is 42.0 Å². The number of amides is 1. The number of ether oxygens (including phenoxy) is 2. The predicted molar refractivity (Wildman–Crippen MR) is 99.7 cm³/mol. The fourth-order valence-electron chi connectivity index (χ4n) is 2.60. The molecule has 2 rings (SSSR count). The van der Waals surface area contributed by atoms with E-state index in [1.807, 2.05) is 0 Å². The van der Waals surface area contributed by atoms with Crippen LogP contribution in [-0.2, 0) is 16.0 Å². The van der Waals surface area contributed by atoms with Gasteiger partial charge >= 0.3 is 5.97 Å². The molecule has 0 bridgehead atoms. The third kappa shape index (κ3) is 5.25. The van der Waals surface area contributed by atoms with Gasteiger partial charge in [0.1, 0.15) is 11.8 Å². The summed E-state index contributed by atoms with van der Waals surface area (Å²) < 4.78 is 9.86. The maximum absolute atomic E-state index is 12.5. The summed E-state index contributed by atoms with van der Waals surface area (Å²) in [5, 5.41) is 24.3. The van der Waals surface area contributed by atoms with Gasteiger partial charge in [0.25, 0.3) is 17.3 Å². The third-order valence-corrected chi connectivity index (χ3v) is 4.01. The van der Waals surface area contributed by atoms with E-state index in [1.165, 1.54) is 43.5 Å². The van der Waals surface area contributed by atoms with Gasteiger partial charge in [-0.25, -0.2) is 4.79 Å². The van der Waals surface area contributed by atoms with Crippen molar-refractivity contribution in [3.63, 3.8) is 0 Å². The summed E-state index contributed by atoms with van der Waals surface area (Å²) in [6.45, 7) is 0. The molecular formula is C18H17N3O8. The van der Waals surface area contributed by atoms with Crippen LogP contribution < -0.4 is 10.1 Å². The summed E-state index contributed by atoms with van der Waals surface area (Å²) in [6, 6.07) is 7.63. The summed E-state index contributed by atoms with van der Waals surface area (Å²) >= 11 is 0. The van der Waals surface area contributed by atoms with E-state index in [-0.39, 0.29) is 29.1 Å². The Bertz CT molecular complexity index is 960. The zero-order valence-electron chi connectivity index (χ0n) is 15.5. The Morgan fingerprint density at radius 1 is 1.03 bits per heavy atom. The van der Waals surface area contributed by atoms with Gasteiger partial charge < -0.3 is 14.8 Å². The highest BCUT2D eigenvalue weighted by Gasteiger charge is 2.25. The number of hydrogen-bond donors (Lipinski definition) is 1. The number of hydrogen-bond acceptors (Lipinski definition) is 8. The lowest BCUT2D eigenvalue weighted by molar-refractivity contribution is -0.385. The lowest BCUT2D eigenvalue weighted by Crippen LogP contribution is -2.43. The normalized spacial score (nSPS) is 11.2. The number of carbonyl (C=O) groups is 2. The molecule has 11 nitrogen and oxygen atoms in total. The summed E-state index contributed by atoms with van der Waals surface area (Å²) in [7, 11) is 2.49. The Morgan fingerprint density at radius 2 is 1.69 bits per heavy atom. The molecule has 0 saturated carbocycles. The van der Waals surface area contributed by atoms with E-state index in [9.17, 15) is 29.8 Å². The number of methoxy groups -OCH3 is 2. The van der Waals surface area contributed by atoms with Crippen LogP contribution in [0.1, 0.15) is 15.9 Å².